The van der Waals surface area contributed by atoms with E-state index in [1.807, 2.05) is 41.5 Å². The van der Waals surface area contributed by atoms with Gasteiger partial charge in [0.2, 0.25) is 0 Å². The van der Waals surface area contributed by atoms with Crippen LogP contribution in [0.1, 0.15) is 132 Å². The Balaban J connectivity index is 0.000000771. The number of hydrogen-bond acceptors (Lipinski definition) is 0. The van der Waals surface area contributed by atoms with Gasteiger partial charge in [-0.15, -0.1) is 6.58 Å². The van der Waals surface area contributed by atoms with Crippen LogP contribution < -0.4 is 0 Å². The van der Waals surface area contributed by atoms with Crippen LogP contribution in [0.15, 0.2) is 212 Å². The Labute approximate surface area is 421 Å². The van der Waals surface area contributed by atoms with Crippen LogP contribution >= 0.6 is 0 Å². The van der Waals surface area contributed by atoms with Gasteiger partial charge in [-0.2, -0.15) is 0 Å². The summed E-state index contributed by atoms with van der Waals surface area (Å²) in [4.78, 5) is 0. The van der Waals surface area contributed by atoms with E-state index >= 15 is 0 Å². The maximum absolute atomic E-state index is 3.36. The second kappa shape index (κ2) is 32.9. The van der Waals surface area contributed by atoms with E-state index in [0.717, 1.165) is 12.8 Å². The molecule has 0 spiro atoms. The first kappa shape index (κ1) is 58.4. The Bertz CT molecular complexity index is 2680. The van der Waals surface area contributed by atoms with Gasteiger partial charge in [0.15, 0.2) is 0 Å². The predicted molar refractivity (Wildman–Crippen MR) is 314 cm³/mol. The van der Waals surface area contributed by atoms with Gasteiger partial charge in [0.1, 0.15) is 0 Å². The van der Waals surface area contributed by atoms with Crippen LogP contribution in [0, 0.1) is 27.7 Å². The van der Waals surface area contributed by atoms with E-state index in [4.69, 9.17) is 0 Å². The van der Waals surface area contributed by atoms with E-state index in [2.05, 4.69) is 263 Å². The lowest BCUT2D eigenvalue weighted by molar-refractivity contribution is 1.19. The van der Waals surface area contributed by atoms with E-state index in [-0.39, 0.29) is 0 Å². The molecule has 0 radical (unpaired) electrons. The highest BCUT2D eigenvalue weighted by Crippen LogP contribution is 2.34. The summed E-state index contributed by atoms with van der Waals surface area (Å²) in [6, 6.07) is 48.8. The zero-order valence-corrected chi connectivity index (χ0v) is 45.2. The summed E-state index contributed by atoms with van der Waals surface area (Å²) in [6.45, 7) is 34.7. The highest BCUT2D eigenvalue weighted by Gasteiger charge is 2.12. The molecule has 69 heavy (non-hydrogen) atoms. The monoisotopic (exact) mass is 913 g/mol. The molecule has 0 heterocycles. The first-order chi connectivity index (χ1) is 33.5. The quantitative estimate of drug-likeness (QED) is 0.0800. The van der Waals surface area contributed by atoms with E-state index in [0.29, 0.717) is 0 Å². The minimum absolute atomic E-state index is 0.922. The zero-order chi connectivity index (χ0) is 51.1. The van der Waals surface area contributed by atoms with Crippen molar-refractivity contribution in [1.29, 1.82) is 0 Å². The summed E-state index contributed by atoms with van der Waals surface area (Å²) in [5.74, 6) is 0. The van der Waals surface area contributed by atoms with Crippen molar-refractivity contribution < 1.29 is 0 Å². The predicted octanol–water partition coefficient (Wildman–Crippen LogP) is 20.9. The SMILES string of the molecule is C/C=C\Cc1ccc(C)cc1.C=CC.CC.CC.C\C=C/C(=C\C)C(/C)=C\C=C/c1ccc(C)c(-c2cc(/C(C)=C/C(=C\C)c3ccc(-c4ccccc4Cc4ccccc4)c(C)c3)ccc2C)c1. The molecule has 360 valence electrons. The third kappa shape index (κ3) is 19.0. The van der Waals surface area contributed by atoms with Crippen LogP contribution in [0.25, 0.3) is 39.5 Å². The van der Waals surface area contributed by atoms with Crippen LogP contribution in [-0.2, 0) is 12.8 Å². The molecule has 0 aliphatic carbocycles. The molecule has 0 heteroatoms. The largest absolute Gasteiger partial charge is 0.103 e. The fourth-order valence-corrected chi connectivity index (χ4v) is 7.75. The van der Waals surface area contributed by atoms with E-state index in [9.17, 15) is 0 Å². The van der Waals surface area contributed by atoms with Crippen LogP contribution in [0.3, 0.4) is 0 Å². The van der Waals surface area contributed by atoms with Crippen molar-refractivity contribution in [3.05, 3.63) is 268 Å². The average molecular weight is 913 g/mol. The van der Waals surface area contributed by atoms with Crippen molar-refractivity contribution in [1.82, 2.24) is 0 Å². The van der Waals surface area contributed by atoms with Crippen molar-refractivity contribution >= 4 is 17.2 Å². The number of hydrogen-bond donors (Lipinski definition) is 0. The molecule has 0 N–H and O–H groups in total. The molecule has 0 bridgehead atoms. The molecule has 0 amide bonds. The Hall–Kier alpha value is -6.76. The molecule has 0 aromatic heterocycles. The molecule has 0 atom stereocenters. The lowest BCUT2D eigenvalue weighted by Gasteiger charge is -2.15. The molecular formula is C69H84. The summed E-state index contributed by atoms with van der Waals surface area (Å²) in [7, 11) is 0. The minimum atomic E-state index is 0.922. The molecular weight excluding hydrogens is 829 g/mol. The molecule has 0 saturated carbocycles. The molecule has 0 unspecified atom stereocenters. The maximum atomic E-state index is 3.36. The van der Waals surface area contributed by atoms with Crippen molar-refractivity contribution in [2.75, 3.05) is 0 Å². The van der Waals surface area contributed by atoms with Crippen LogP contribution in [0.5, 0.6) is 0 Å². The lowest BCUT2D eigenvalue weighted by Crippen LogP contribution is -1.95. The fourth-order valence-electron chi connectivity index (χ4n) is 7.75. The lowest BCUT2D eigenvalue weighted by atomic mass is 9.89. The molecule has 0 aliphatic heterocycles. The summed E-state index contributed by atoms with van der Waals surface area (Å²) in [6.07, 6.45) is 25.5. The minimum Gasteiger partial charge on any atom is -0.103 e. The molecule has 0 saturated heterocycles. The first-order valence-electron chi connectivity index (χ1n) is 25.1. The third-order valence-corrected chi connectivity index (χ3v) is 11.5. The Morgan fingerprint density at radius 2 is 1.14 bits per heavy atom. The van der Waals surface area contributed by atoms with E-state index in [1.54, 1.807) is 6.08 Å². The van der Waals surface area contributed by atoms with Crippen molar-refractivity contribution in [3.63, 3.8) is 0 Å². The average Bonchev–Trinajstić information content (AvgIpc) is 3.37. The number of aryl methyl sites for hydroxylation is 4. The van der Waals surface area contributed by atoms with Crippen LogP contribution in [0.2, 0.25) is 0 Å². The van der Waals surface area contributed by atoms with Gasteiger partial charge in [-0.3, -0.25) is 0 Å². The Kier molecular flexibility index (Phi) is 27.8. The van der Waals surface area contributed by atoms with Crippen LogP contribution in [0.4, 0.5) is 0 Å². The van der Waals surface area contributed by atoms with Crippen molar-refractivity contribution in [3.8, 4) is 22.3 Å². The molecule has 0 aliphatic rings. The van der Waals surface area contributed by atoms with Crippen LogP contribution in [-0.4, -0.2) is 0 Å². The number of benzene rings is 6. The van der Waals surface area contributed by atoms with Gasteiger partial charge in [-0.25, -0.2) is 0 Å². The third-order valence-electron chi connectivity index (χ3n) is 11.5. The molecule has 6 rings (SSSR count). The van der Waals surface area contributed by atoms with Crippen molar-refractivity contribution in [2.24, 2.45) is 0 Å². The van der Waals surface area contributed by atoms with Gasteiger partial charge >= 0.3 is 0 Å². The second-order valence-electron chi connectivity index (χ2n) is 16.6. The van der Waals surface area contributed by atoms with E-state index in [1.165, 1.54) is 100 Å². The standard InChI is InChI=1S/C51H52.C11H14.C3H6.2C2H6/c1-9-18-43(10-2)36(4)19-17-22-42-27-25-37(5)50(34-42)51-35-45(28-26-38(51)6)39(7)31-44(11-3)46-29-30-48(40(8)32-46)49-24-16-15-23-47(49)33-41-20-13-12-14-21-41;1-3-4-5-11-8-6-10(2)7-9-11;1-3-2;2*1-2/h9-32,34-35H,33H2,1-8H3;3-4,6-9H,5H2,1-2H3;3H,1H2,2H3;2*1-2H3/b18-9-,22-17-,36-19-,39-31+,43-10+,44-11+;4-3-;;;. The zero-order valence-electron chi connectivity index (χ0n) is 45.2. The molecule has 0 fully saturated rings. The highest BCUT2D eigenvalue weighted by atomic mass is 14.2. The Morgan fingerprint density at radius 3 is 1.75 bits per heavy atom. The highest BCUT2D eigenvalue weighted by molar-refractivity contribution is 5.86. The molecule has 6 aromatic carbocycles. The second-order valence-corrected chi connectivity index (χ2v) is 16.6. The number of rotatable bonds is 13. The Morgan fingerprint density at radius 1 is 0.536 bits per heavy atom. The summed E-state index contributed by atoms with van der Waals surface area (Å²) in [5.41, 5.74) is 23.0. The van der Waals surface area contributed by atoms with Gasteiger partial charge in [0.25, 0.3) is 0 Å². The smallest absolute Gasteiger partial charge is 0.00196 e. The van der Waals surface area contributed by atoms with Gasteiger partial charge in [0, 0.05) is 0 Å². The number of allylic oxidation sites excluding steroid dienone is 14. The summed E-state index contributed by atoms with van der Waals surface area (Å²) >= 11 is 0. The van der Waals surface area contributed by atoms with Gasteiger partial charge in [0.05, 0.1) is 0 Å². The van der Waals surface area contributed by atoms with Gasteiger partial charge < -0.3 is 0 Å². The molecule has 6 aromatic rings. The normalized spacial score (nSPS) is 11.8. The first-order valence-corrected chi connectivity index (χ1v) is 25.1. The maximum Gasteiger partial charge on any atom is -0.00196 e. The summed E-state index contributed by atoms with van der Waals surface area (Å²) < 4.78 is 0. The fraction of sp³-hybridized carbons (Fsp3) is 0.246. The molecule has 0 nitrogen and oxygen atoms in total. The van der Waals surface area contributed by atoms with Gasteiger partial charge in [-0.05, 0) is 196 Å². The van der Waals surface area contributed by atoms with Gasteiger partial charge in [-0.1, -0.05) is 221 Å². The van der Waals surface area contributed by atoms with E-state index < -0.39 is 0 Å². The topological polar surface area (TPSA) is 0 Å². The van der Waals surface area contributed by atoms with Crippen molar-refractivity contribution in [2.45, 2.75) is 117 Å². The summed E-state index contributed by atoms with van der Waals surface area (Å²) in [5, 5.41) is 0.